The number of hydrogen-bond acceptors (Lipinski definition) is 4. The van der Waals surface area contributed by atoms with Gasteiger partial charge in [-0.2, -0.15) is 13.5 Å². The van der Waals surface area contributed by atoms with Crippen LogP contribution in [0.3, 0.4) is 0 Å². The Hall–Kier alpha value is -1.04. The van der Waals surface area contributed by atoms with Gasteiger partial charge in [-0.15, -0.1) is 0 Å². The maximum atomic E-state index is 8.63. The normalized spacial score (nSPS) is 5.38. The molecule has 0 aliphatic heterocycles. The Morgan fingerprint density at radius 3 is 1.54 bits per heavy atom. The number of phenols is 1. The number of carbonyl (C=O) groups is 1. The second kappa shape index (κ2) is 22.4. The second-order valence-electron chi connectivity index (χ2n) is 1.34. The van der Waals surface area contributed by atoms with Crippen LogP contribution >= 0.6 is 13.5 Å². The number of carbonyl (C=O) groups excluding carboxylic acids is 1. The fraction of sp³-hybridized carbons (Fsp3) is 0.125. The van der Waals surface area contributed by atoms with Gasteiger partial charge in [0.2, 0.25) is 0 Å². The fourth-order valence-corrected chi connectivity index (χ4v) is 0.428. The maximum Gasteiger partial charge on any atom is 0.115 e. The number of para-hydroxylation sites is 1. The molecular weight excluding hydrogens is 190 g/mol. The van der Waals surface area contributed by atoms with Gasteiger partial charge in [0.25, 0.3) is 0 Å². The van der Waals surface area contributed by atoms with Crippen LogP contribution in [-0.2, 0) is 4.79 Å². The van der Waals surface area contributed by atoms with Crippen LogP contribution in [0.5, 0.6) is 5.75 Å². The molecule has 0 atom stereocenters. The number of benzene rings is 1. The number of aromatic hydroxyl groups is 1. The third kappa shape index (κ3) is 18.2. The van der Waals surface area contributed by atoms with E-state index in [9.17, 15) is 0 Å². The lowest BCUT2D eigenvalue weighted by molar-refractivity contribution is -0.0979. The highest BCUT2D eigenvalue weighted by molar-refractivity contribution is 7.59. The first-order valence-electron chi connectivity index (χ1n) is 2.87. The SMILES string of the molecule is C=O.CO.N.Oc1ccccc1.S. The van der Waals surface area contributed by atoms with Crippen LogP contribution in [0.25, 0.3) is 0 Å². The average Bonchev–Trinajstić information content (AvgIpc) is 2.13. The quantitative estimate of drug-likeness (QED) is 0.593. The first kappa shape index (κ1) is 22.7. The summed E-state index contributed by atoms with van der Waals surface area (Å²) in [5.74, 6) is 0.322. The average molecular weight is 207 g/mol. The standard InChI is InChI=1S/C6H6O.CH4O.CH2O.H3N.H2S/c7-6-4-2-1-3-5-6;2*1-2;;/h1-5,7H;2H,1H3;1H2;1H3;1H2. The molecular formula is C8H17NO3S. The van der Waals surface area contributed by atoms with Gasteiger partial charge in [-0.1, -0.05) is 18.2 Å². The Bertz CT molecular complexity index is 161. The zero-order valence-electron chi connectivity index (χ0n) is 7.60. The largest absolute Gasteiger partial charge is 0.508 e. The minimum Gasteiger partial charge on any atom is -0.508 e. The lowest BCUT2D eigenvalue weighted by atomic mass is 10.3. The molecule has 0 bridgehead atoms. The molecule has 0 saturated carbocycles. The molecule has 13 heavy (non-hydrogen) atoms. The van der Waals surface area contributed by atoms with E-state index in [4.69, 9.17) is 15.0 Å². The Kier molecular flexibility index (Phi) is 39.1. The van der Waals surface area contributed by atoms with Crippen LogP contribution in [0.2, 0.25) is 0 Å². The molecule has 1 aromatic carbocycles. The third-order valence-electron chi connectivity index (χ3n) is 0.756. The molecule has 0 aromatic heterocycles. The van der Waals surface area contributed by atoms with Crippen molar-refractivity contribution >= 4 is 20.3 Å². The molecule has 0 saturated heterocycles. The number of phenolic OH excluding ortho intramolecular Hbond substituents is 1. The summed E-state index contributed by atoms with van der Waals surface area (Å²) in [6.45, 7) is 2.00. The van der Waals surface area contributed by atoms with Crippen molar-refractivity contribution in [2.45, 2.75) is 0 Å². The molecule has 5 heteroatoms. The van der Waals surface area contributed by atoms with E-state index in [-0.39, 0.29) is 19.6 Å². The van der Waals surface area contributed by atoms with Crippen molar-refractivity contribution in [3.8, 4) is 5.75 Å². The van der Waals surface area contributed by atoms with E-state index in [0.717, 1.165) is 7.11 Å². The van der Waals surface area contributed by atoms with E-state index in [1.54, 1.807) is 24.3 Å². The molecule has 0 unspecified atom stereocenters. The Morgan fingerprint density at radius 1 is 1.08 bits per heavy atom. The Labute approximate surface area is 85.3 Å². The van der Waals surface area contributed by atoms with E-state index < -0.39 is 0 Å². The summed E-state index contributed by atoms with van der Waals surface area (Å²) in [4.78, 5) is 8.00. The van der Waals surface area contributed by atoms with Gasteiger partial charge in [0.1, 0.15) is 12.5 Å². The van der Waals surface area contributed by atoms with Crippen LogP contribution < -0.4 is 6.15 Å². The van der Waals surface area contributed by atoms with Gasteiger partial charge in [-0.05, 0) is 12.1 Å². The van der Waals surface area contributed by atoms with Crippen molar-refractivity contribution in [2.75, 3.05) is 7.11 Å². The van der Waals surface area contributed by atoms with Crippen LogP contribution in [-0.4, -0.2) is 24.1 Å². The first-order valence-corrected chi connectivity index (χ1v) is 2.87. The molecule has 0 amide bonds. The third-order valence-corrected chi connectivity index (χ3v) is 0.756. The van der Waals surface area contributed by atoms with Gasteiger partial charge in [0.15, 0.2) is 0 Å². The van der Waals surface area contributed by atoms with Gasteiger partial charge in [0, 0.05) is 7.11 Å². The number of aliphatic hydroxyl groups excluding tert-OH is 1. The van der Waals surface area contributed by atoms with Crippen LogP contribution in [0.4, 0.5) is 0 Å². The maximum absolute atomic E-state index is 8.63. The molecule has 0 radical (unpaired) electrons. The molecule has 0 fully saturated rings. The molecule has 1 aromatic rings. The van der Waals surface area contributed by atoms with Crippen molar-refractivity contribution in [3.05, 3.63) is 30.3 Å². The highest BCUT2D eigenvalue weighted by Gasteiger charge is 1.74. The lowest BCUT2D eigenvalue weighted by Gasteiger charge is -1.82. The number of rotatable bonds is 0. The minimum absolute atomic E-state index is 0. The molecule has 78 valence electrons. The molecule has 4 nitrogen and oxygen atoms in total. The van der Waals surface area contributed by atoms with Crippen molar-refractivity contribution in [2.24, 2.45) is 0 Å². The van der Waals surface area contributed by atoms with E-state index in [1.165, 1.54) is 0 Å². The van der Waals surface area contributed by atoms with Crippen molar-refractivity contribution < 1.29 is 15.0 Å². The van der Waals surface area contributed by atoms with Crippen molar-refractivity contribution in [3.63, 3.8) is 0 Å². The van der Waals surface area contributed by atoms with E-state index in [1.807, 2.05) is 12.9 Å². The summed E-state index contributed by atoms with van der Waals surface area (Å²) in [5, 5.41) is 15.6. The summed E-state index contributed by atoms with van der Waals surface area (Å²) < 4.78 is 0. The van der Waals surface area contributed by atoms with Crippen LogP contribution in [0.1, 0.15) is 0 Å². The predicted octanol–water partition coefficient (Wildman–Crippen LogP) is 1.09. The summed E-state index contributed by atoms with van der Waals surface area (Å²) in [6.07, 6.45) is 0. The lowest BCUT2D eigenvalue weighted by Crippen LogP contribution is -1.56. The highest BCUT2D eigenvalue weighted by Crippen LogP contribution is 2.02. The van der Waals surface area contributed by atoms with E-state index >= 15 is 0 Å². The summed E-state index contributed by atoms with van der Waals surface area (Å²) in [7, 11) is 1.00. The van der Waals surface area contributed by atoms with Gasteiger partial charge in [-0.3, -0.25) is 0 Å². The molecule has 0 heterocycles. The molecule has 0 aliphatic carbocycles. The van der Waals surface area contributed by atoms with Crippen LogP contribution in [0.15, 0.2) is 30.3 Å². The van der Waals surface area contributed by atoms with E-state index in [2.05, 4.69) is 0 Å². The summed E-state index contributed by atoms with van der Waals surface area (Å²) in [5.41, 5.74) is 0. The van der Waals surface area contributed by atoms with Crippen molar-refractivity contribution in [1.29, 1.82) is 0 Å². The van der Waals surface area contributed by atoms with E-state index in [0.29, 0.717) is 5.75 Å². The monoisotopic (exact) mass is 207 g/mol. The second-order valence-corrected chi connectivity index (χ2v) is 1.34. The number of aliphatic hydroxyl groups is 1. The minimum atomic E-state index is 0. The van der Waals surface area contributed by atoms with Gasteiger partial charge in [0.05, 0.1) is 0 Å². The van der Waals surface area contributed by atoms with Gasteiger partial charge >= 0.3 is 0 Å². The smallest absolute Gasteiger partial charge is 0.115 e. The molecule has 1 rings (SSSR count). The number of hydrogen-bond donors (Lipinski definition) is 3. The van der Waals surface area contributed by atoms with Crippen LogP contribution in [0, 0.1) is 0 Å². The molecule has 0 aliphatic rings. The van der Waals surface area contributed by atoms with Gasteiger partial charge < -0.3 is 21.2 Å². The van der Waals surface area contributed by atoms with Gasteiger partial charge in [-0.25, -0.2) is 0 Å². The molecule has 0 spiro atoms. The predicted molar refractivity (Wildman–Crippen MR) is 58.8 cm³/mol. The Balaban J connectivity index is -0.0000000607. The highest BCUT2D eigenvalue weighted by atomic mass is 32.1. The zero-order chi connectivity index (χ0) is 9.11. The molecule has 5 N–H and O–H groups in total. The Morgan fingerprint density at radius 2 is 1.38 bits per heavy atom. The fourth-order valence-electron chi connectivity index (χ4n) is 0.428. The zero-order valence-corrected chi connectivity index (χ0v) is 8.60. The first-order chi connectivity index (χ1) is 5.39. The topological polar surface area (TPSA) is 92.5 Å². The summed E-state index contributed by atoms with van der Waals surface area (Å²) >= 11 is 0. The van der Waals surface area contributed by atoms with Crippen molar-refractivity contribution in [1.82, 2.24) is 6.15 Å². The summed E-state index contributed by atoms with van der Waals surface area (Å²) in [6, 6.07) is 8.71.